The predicted octanol–water partition coefficient (Wildman–Crippen LogP) is 6.40. The molecule has 182 valence electrons. The Morgan fingerprint density at radius 3 is 2.41 bits per heavy atom. The number of fused-ring (bicyclic) bond motifs is 1. The minimum Gasteiger partial charge on any atom is -0.479 e. The van der Waals surface area contributed by atoms with E-state index in [1.54, 1.807) is 0 Å². The van der Waals surface area contributed by atoms with Crippen LogP contribution in [0.25, 0.3) is 22.2 Å². The maximum atomic E-state index is 12.5. The van der Waals surface area contributed by atoms with E-state index in [9.17, 15) is 9.90 Å². The van der Waals surface area contributed by atoms with Gasteiger partial charge in [-0.05, 0) is 71.7 Å². The molecule has 0 saturated carbocycles. The van der Waals surface area contributed by atoms with Crippen LogP contribution in [-0.2, 0) is 20.8 Å². The summed E-state index contributed by atoms with van der Waals surface area (Å²) in [7, 11) is 0. The van der Waals surface area contributed by atoms with Crippen LogP contribution in [0.5, 0.6) is 0 Å². The van der Waals surface area contributed by atoms with Crippen molar-refractivity contribution in [2.24, 2.45) is 0 Å². The van der Waals surface area contributed by atoms with Crippen LogP contribution in [0.2, 0.25) is 5.02 Å². The third-order valence-electron chi connectivity index (χ3n) is 6.48. The zero-order valence-corrected chi connectivity index (χ0v) is 21.7. The van der Waals surface area contributed by atoms with Crippen LogP contribution in [0.3, 0.4) is 0 Å². The van der Waals surface area contributed by atoms with Crippen molar-refractivity contribution in [2.75, 3.05) is 0 Å². The molecule has 7 heteroatoms. The Kier molecular flexibility index (Phi) is 6.53. The fourth-order valence-corrected chi connectivity index (χ4v) is 4.98. The van der Waals surface area contributed by atoms with Crippen LogP contribution >= 0.6 is 11.6 Å². The lowest BCUT2D eigenvalue weighted by Gasteiger charge is -2.34. The average Bonchev–Trinajstić information content (AvgIpc) is 2.94. The molecule has 0 radical (unpaired) electrons. The first kappa shape index (κ1) is 24.7. The zero-order valence-electron chi connectivity index (χ0n) is 20.9. The summed E-state index contributed by atoms with van der Waals surface area (Å²) in [4.78, 5) is 17.5. The second kappa shape index (κ2) is 8.99. The summed E-state index contributed by atoms with van der Waals surface area (Å²) in [5.41, 5.74) is 5.27. The molecular formula is C27H33ClN2O4. The van der Waals surface area contributed by atoms with Gasteiger partial charge in [-0.25, -0.2) is 9.78 Å². The predicted molar refractivity (Wildman–Crippen MR) is 135 cm³/mol. The second-order valence-corrected chi connectivity index (χ2v) is 10.7. The summed E-state index contributed by atoms with van der Waals surface area (Å²) in [5, 5.41) is 11.8. The molecule has 3 atom stereocenters. The molecule has 34 heavy (non-hydrogen) atoms. The molecule has 0 aliphatic carbocycles. The Hall–Kier alpha value is -2.41. The molecule has 0 spiro atoms. The summed E-state index contributed by atoms with van der Waals surface area (Å²) in [5.74, 6) is -1.04. The number of aliphatic carboxylic acids is 1. The summed E-state index contributed by atoms with van der Waals surface area (Å²) in [6.45, 7) is 14.4. The van der Waals surface area contributed by atoms with Crippen molar-refractivity contribution in [1.82, 2.24) is 9.55 Å². The zero-order chi connectivity index (χ0) is 24.9. The summed E-state index contributed by atoms with van der Waals surface area (Å²) in [6, 6.07) is 7.51. The third kappa shape index (κ3) is 4.59. The number of benzene rings is 1. The normalized spacial score (nSPS) is 19.3. The molecule has 2 unspecified atom stereocenters. The molecule has 3 heterocycles. The number of hydrogen-bond acceptors (Lipinski definition) is 4. The van der Waals surface area contributed by atoms with E-state index < -0.39 is 17.7 Å². The molecule has 2 aromatic heterocycles. The first-order valence-corrected chi connectivity index (χ1v) is 12.1. The highest BCUT2D eigenvalue weighted by atomic mass is 35.5. The maximum Gasteiger partial charge on any atom is 0.337 e. The summed E-state index contributed by atoms with van der Waals surface area (Å²) >= 11 is 6.19. The molecule has 6 nitrogen and oxygen atoms in total. The Bertz CT molecular complexity index is 1230. The molecule has 1 N–H and O–H groups in total. The van der Waals surface area contributed by atoms with Gasteiger partial charge in [-0.3, -0.25) is 0 Å². The molecule has 3 aromatic rings. The number of pyridine rings is 1. The minimum atomic E-state index is -1.17. The summed E-state index contributed by atoms with van der Waals surface area (Å²) < 4.78 is 14.2. The highest BCUT2D eigenvalue weighted by molar-refractivity contribution is 6.30. The van der Waals surface area contributed by atoms with Crippen molar-refractivity contribution in [3.05, 3.63) is 51.8 Å². The highest BCUT2D eigenvalue weighted by Crippen LogP contribution is 2.42. The van der Waals surface area contributed by atoms with Crippen LogP contribution in [0.1, 0.15) is 62.7 Å². The molecule has 0 amide bonds. The average molecular weight is 485 g/mol. The largest absolute Gasteiger partial charge is 0.479 e. The van der Waals surface area contributed by atoms with Crippen molar-refractivity contribution < 1.29 is 19.4 Å². The van der Waals surface area contributed by atoms with Gasteiger partial charge in [-0.2, -0.15) is 0 Å². The number of carboxylic acid groups (broad SMARTS) is 1. The molecular weight excluding hydrogens is 452 g/mol. The summed E-state index contributed by atoms with van der Waals surface area (Å²) in [6.07, 6.45) is 0.284. The van der Waals surface area contributed by atoms with E-state index in [1.165, 1.54) is 0 Å². The van der Waals surface area contributed by atoms with E-state index in [2.05, 4.69) is 25.3 Å². The van der Waals surface area contributed by atoms with Crippen molar-refractivity contribution >= 4 is 28.6 Å². The number of halogens is 1. The van der Waals surface area contributed by atoms with Crippen molar-refractivity contribution in [3.8, 4) is 11.1 Å². The van der Waals surface area contributed by atoms with Gasteiger partial charge in [0.15, 0.2) is 6.10 Å². The molecule has 1 aliphatic heterocycles. The van der Waals surface area contributed by atoms with Crippen molar-refractivity contribution in [3.63, 3.8) is 0 Å². The molecule has 0 bridgehead atoms. The second-order valence-electron chi connectivity index (χ2n) is 10.3. The van der Waals surface area contributed by atoms with Gasteiger partial charge in [0.1, 0.15) is 5.65 Å². The van der Waals surface area contributed by atoms with Gasteiger partial charge < -0.3 is 19.1 Å². The van der Waals surface area contributed by atoms with Gasteiger partial charge >= 0.3 is 5.97 Å². The standard InChI is InChI=1S/C27H33ClN2O4/c1-14-12-20(33-14)13-30-17(4)15(2)21-23(18-8-10-19(28)11-9-18)22(16(3)29-25(21)30)24(26(31)32)34-27(5,6)7/h8-11,14,20,24H,12-13H2,1-7H3,(H,31,32)/t14?,20?,24-/m0/s1. The lowest BCUT2D eigenvalue weighted by atomic mass is 9.91. The number of rotatable bonds is 6. The van der Waals surface area contributed by atoms with Crippen LogP contribution in [0, 0.1) is 20.8 Å². The first-order chi connectivity index (χ1) is 15.9. The van der Waals surface area contributed by atoms with Crippen LogP contribution in [0.4, 0.5) is 0 Å². The van der Waals surface area contributed by atoms with Gasteiger partial charge in [0.05, 0.1) is 24.4 Å². The van der Waals surface area contributed by atoms with Crippen LogP contribution in [-0.4, -0.2) is 38.4 Å². The molecule has 1 fully saturated rings. The Balaban J connectivity index is 2.02. The number of aryl methyl sites for hydroxylation is 2. The smallest absolute Gasteiger partial charge is 0.337 e. The SMILES string of the molecule is Cc1nc2c(c(C)c(C)n2CC2CC(C)O2)c(-c2ccc(Cl)cc2)c1[C@H](OC(C)(C)C)C(=O)O. The van der Waals surface area contributed by atoms with Gasteiger partial charge in [-0.15, -0.1) is 0 Å². The molecule has 4 rings (SSSR count). The molecule has 1 aromatic carbocycles. The van der Waals surface area contributed by atoms with Gasteiger partial charge in [0.25, 0.3) is 0 Å². The Morgan fingerprint density at radius 1 is 1.26 bits per heavy atom. The Morgan fingerprint density at radius 2 is 1.88 bits per heavy atom. The number of ether oxygens (including phenoxy) is 2. The monoisotopic (exact) mass is 484 g/mol. The van der Waals surface area contributed by atoms with Crippen LogP contribution < -0.4 is 0 Å². The lowest BCUT2D eigenvalue weighted by Crippen LogP contribution is -2.38. The number of hydrogen-bond donors (Lipinski definition) is 1. The third-order valence-corrected chi connectivity index (χ3v) is 6.73. The maximum absolute atomic E-state index is 12.5. The number of nitrogens with zero attached hydrogens (tertiary/aromatic N) is 2. The topological polar surface area (TPSA) is 73.6 Å². The van der Waals surface area contributed by atoms with Gasteiger partial charge in [0.2, 0.25) is 0 Å². The van der Waals surface area contributed by atoms with E-state index >= 15 is 0 Å². The van der Waals surface area contributed by atoms with Crippen molar-refractivity contribution in [2.45, 2.75) is 85.3 Å². The quantitative estimate of drug-likeness (QED) is 0.438. The van der Waals surface area contributed by atoms with E-state index in [0.29, 0.717) is 22.8 Å². The van der Waals surface area contributed by atoms with Crippen LogP contribution in [0.15, 0.2) is 24.3 Å². The van der Waals surface area contributed by atoms with E-state index in [-0.39, 0.29) is 12.2 Å². The lowest BCUT2D eigenvalue weighted by molar-refractivity contribution is -0.160. The highest BCUT2D eigenvalue weighted by Gasteiger charge is 2.34. The molecule has 1 aliphatic rings. The fourth-order valence-electron chi connectivity index (χ4n) is 4.85. The number of carbonyl (C=O) groups is 1. The van der Waals surface area contributed by atoms with Crippen molar-refractivity contribution in [1.29, 1.82) is 0 Å². The first-order valence-electron chi connectivity index (χ1n) is 11.7. The van der Waals surface area contributed by atoms with E-state index in [4.69, 9.17) is 26.1 Å². The van der Waals surface area contributed by atoms with Gasteiger partial charge in [-0.1, -0.05) is 23.7 Å². The fraction of sp³-hybridized carbons (Fsp3) is 0.481. The Labute approximate surface area is 205 Å². The number of aromatic nitrogens is 2. The van der Waals surface area contributed by atoms with Gasteiger partial charge in [0, 0.05) is 39.3 Å². The van der Waals surface area contributed by atoms with E-state index in [0.717, 1.165) is 39.8 Å². The molecule has 1 saturated heterocycles. The van der Waals surface area contributed by atoms with E-state index in [1.807, 2.05) is 52.0 Å². The minimum absolute atomic E-state index is 0.153. The number of carboxylic acids is 1.